The summed E-state index contributed by atoms with van der Waals surface area (Å²) < 4.78 is 8.51. The molecule has 3 heteroatoms. The number of aromatic nitrogens is 2. The Labute approximate surface area is 157 Å². The first-order chi connectivity index (χ1) is 13.2. The summed E-state index contributed by atoms with van der Waals surface area (Å²) in [7, 11) is 2.09. The van der Waals surface area contributed by atoms with Gasteiger partial charge in [0.2, 0.25) is 11.4 Å². The van der Waals surface area contributed by atoms with Crippen molar-refractivity contribution in [2.45, 2.75) is 20.3 Å². The minimum atomic E-state index is 0.693. The molecule has 0 fully saturated rings. The minimum absolute atomic E-state index is 0.693. The van der Waals surface area contributed by atoms with Gasteiger partial charge in [-0.05, 0) is 47.4 Å². The summed E-state index contributed by atoms with van der Waals surface area (Å²) in [5, 5.41) is 4.69. The van der Waals surface area contributed by atoms with E-state index < -0.39 is 0 Å². The molecule has 5 rings (SSSR count). The van der Waals surface area contributed by atoms with Gasteiger partial charge >= 0.3 is 0 Å². The standard InChI is InChI=1S/C24H21N2O/c1-4-16-11-13-26(3)20(14-16)21-15(2)17-8-5-6-9-18(17)22-19-10-7-12-25-24(19)27-23(21)22/h5-14H,4H2,1-3H3/q+1. The van der Waals surface area contributed by atoms with E-state index in [0.717, 1.165) is 28.3 Å². The number of benzene rings is 2. The number of nitrogens with zero attached hydrogens (tertiary/aromatic N) is 2. The maximum atomic E-state index is 6.33. The van der Waals surface area contributed by atoms with Crippen LogP contribution in [0.1, 0.15) is 18.1 Å². The highest BCUT2D eigenvalue weighted by molar-refractivity contribution is 6.22. The van der Waals surface area contributed by atoms with Crippen LogP contribution in [-0.2, 0) is 13.5 Å². The van der Waals surface area contributed by atoms with Gasteiger partial charge in [0.05, 0.1) is 5.56 Å². The highest BCUT2D eigenvalue weighted by Gasteiger charge is 2.24. The first-order valence-electron chi connectivity index (χ1n) is 9.36. The first kappa shape index (κ1) is 16.0. The van der Waals surface area contributed by atoms with E-state index in [1.165, 1.54) is 27.6 Å². The topological polar surface area (TPSA) is 29.9 Å². The van der Waals surface area contributed by atoms with Crippen molar-refractivity contribution in [3.63, 3.8) is 0 Å². The number of aryl methyl sites for hydroxylation is 3. The lowest BCUT2D eigenvalue weighted by atomic mass is 9.93. The SMILES string of the molecule is CCc1cc[n+](C)c(-c2c(C)c3ccccc3c3c2oc2ncccc23)c1. The molecule has 0 bridgehead atoms. The molecule has 0 spiro atoms. The third-order valence-corrected chi connectivity index (χ3v) is 5.55. The molecule has 132 valence electrons. The van der Waals surface area contributed by atoms with E-state index in [2.05, 4.69) is 79.1 Å². The van der Waals surface area contributed by atoms with Gasteiger partial charge in [0.15, 0.2) is 11.8 Å². The molecule has 27 heavy (non-hydrogen) atoms. The highest BCUT2D eigenvalue weighted by Crippen LogP contribution is 2.42. The normalized spacial score (nSPS) is 11.7. The fourth-order valence-corrected chi connectivity index (χ4v) is 4.10. The van der Waals surface area contributed by atoms with Crippen LogP contribution in [0.25, 0.3) is 44.1 Å². The third kappa shape index (κ3) is 2.28. The molecule has 0 aliphatic carbocycles. The smallest absolute Gasteiger partial charge is 0.227 e. The minimum Gasteiger partial charge on any atom is -0.437 e. The molecule has 0 atom stereocenters. The molecule has 3 nitrogen and oxygen atoms in total. The number of hydrogen-bond acceptors (Lipinski definition) is 2. The van der Waals surface area contributed by atoms with E-state index >= 15 is 0 Å². The van der Waals surface area contributed by atoms with Gasteiger partial charge in [0.25, 0.3) is 0 Å². The molecule has 0 unspecified atom stereocenters. The summed E-state index contributed by atoms with van der Waals surface area (Å²) in [6, 6.07) is 17.1. The lowest BCUT2D eigenvalue weighted by Gasteiger charge is -2.11. The Balaban J connectivity index is 2.05. The van der Waals surface area contributed by atoms with Crippen LogP contribution in [0.5, 0.6) is 0 Å². The fraction of sp³-hybridized carbons (Fsp3) is 0.167. The molecule has 0 aliphatic heterocycles. The average Bonchev–Trinajstić information content (AvgIpc) is 3.09. The first-order valence-corrected chi connectivity index (χ1v) is 9.36. The Morgan fingerprint density at radius 1 is 1.00 bits per heavy atom. The quantitative estimate of drug-likeness (QED) is 0.392. The summed E-state index contributed by atoms with van der Waals surface area (Å²) in [5.74, 6) is 0. The second kappa shape index (κ2) is 5.92. The van der Waals surface area contributed by atoms with Crippen LogP contribution in [0, 0.1) is 6.92 Å². The van der Waals surface area contributed by atoms with Crippen LogP contribution >= 0.6 is 0 Å². The van der Waals surface area contributed by atoms with Crippen LogP contribution in [0.3, 0.4) is 0 Å². The molecular weight excluding hydrogens is 332 g/mol. The Bertz CT molecular complexity index is 1330. The van der Waals surface area contributed by atoms with Crippen LogP contribution < -0.4 is 4.57 Å². The molecule has 0 saturated heterocycles. The molecule has 3 aromatic heterocycles. The molecule has 0 radical (unpaired) electrons. The van der Waals surface area contributed by atoms with Gasteiger partial charge in [-0.15, -0.1) is 0 Å². The van der Waals surface area contributed by atoms with Crippen LogP contribution in [0.2, 0.25) is 0 Å². The molecular formula is C24H21N2O+. The Hall–Kier alpha value is -3.20. The summed E-state index contributed by atoms with van der Waals surface area (Å²) in [6.07, 6.45) is 4.93. The van der Waals surface area contributed by atoms with E-state index in [9.17, 15) is 0 Å². The summed E-state index contributed by atoms with van der Waals surface area (Å²) in [6.45, 7) is 4.38. The number of hydrogen-bond donors (Lipinski definition) is 0. The predicted octanol–water partition coefficient (Wildman–Crippen LogP) is 5.50. The Morgan fingerprint density at radius 2 is 1.78 bits per heavy atom. The molecule has 3 heterocycles. The average molecular weight is 353 g/mol. The second-order valence-electron chi connectivity index (χ2n) is 7.09. The van der Waals surface area contributed by atoms with Crippen molar-refractivity contribution in [3.05, 3.63) is 72.1 Å². The van der Waals surface area contributed by atoms with Crippen molar-refractivity contribution >= 4 is 32.8 Å². The monoisotopic (exact) mass is 353 g/mol. The number of pyridine rings is 2. The van der Waals surface area contributed by atoms with Gasteiger partial charge in [-0.1, -0.05) is 31.2 Å². The highest BCUT2D eigenvalue weighted by atomic mass is 16.3. The predicted molar refractivity (Wildman–Crippen MR) is 110 cm³/mol. The van der Waals surface area contributed by atoms with Crippen LogP contribution in [0.4, 0.5) is 0 Å². The van der Waals surface area contributed by atoms with Crippen molar-refractivity contribution in [2.75, 3.05) is 0 Å². The van der Waals surface area contributed by atoms with Gasteiger partial charge in [-0.25, -0.2) is 9.55 Å². The van der Waals surface area contributed by atoms with Gasteiger partial charge in [0, 0.05) is 29.1 Å². The van der Waals surface area contributed by atoms with Crippen molar-refractivity contribution in [3.8, 4) is 11.3 Å². The number of rotatable bonds is 2. The maximum Gasteiger partial charge on any atom is 0.227 e. The Morgan fingerprint density at radius 3 is 2.59 bits per heavy atom. The lowest BCUT2D eigenvalue weighted by Crippen LogP contribution is -2.30. The zero-order valence-electron chi connectivity index (χ0n) is 15.8. The molecule has 0 aliphatic rings. The maximum absolute atomic E-state index is 6.33. The van der Waals surface area contributed by atoms with Gasteiger partial charge in [0.1, 0.15) is 7.05 Å². The van der Waals surface area contributed by atoms with E-state index in [-0.39, 0.29) is 0 Å². The summed E-state index contributed by atoms with van der Waals surface area (Å²) in [4.78, 5) is 4.47. The van der Waals surface area contributed by atoms with Crippen molar-refractivity contribution in [2.24, 2.45) is 7.05 Å². The summed E-state index contributed by atoms with van der Waals surface area (Å²) >= 11 is 0. The van der Waals surface area contributed by atoms with E-state index in [1.807, 2.05) is 6.07 Å². The third-order valence-electron chi connectivity index (χ3n) is 5.55. The van der Waals surface area contributed by atoms with E-state index in [0.29, 0.717) is 5.71 Å². The molecule has 0 saturated carbocycles. The number of furan rings is 1. The van der Waals surface area contributed by atoms with Gasteiger partial charge < -0.3 is 4.42 Å². The molecule has 0 N–H and O–H groups in total. The molecule has 0 amide bonds. The van der Waals surface area contributed by atoms with Crippen molar-refractivity contribution in [1.29, 1.82) is 0 Å². The lowest BCUT2D eigenvalue weighted by molar-refractivity contribution is -0.660. The van der Waals surface area contributed by atoms with Gasteiger partial charge in [-0.2, -0.15) is 0 Å². The largest absolute Gasteiger partial charge is 0.437 e. The second-order valence-corrected chi connectivity index (χ2v) is 7.09. The zero-order chi connectivity index (χ0) is 18.5. The Kier molecular flexibility index (Phi) is 3.51. The van der Waals surface area contributed by atoms with Crippen LogP contribution in [-0.4, -0.2) is 4.98 Å². The summed E-state index contributed by atoms with van der Waals surface area (Å²) in [5.41, 5.74) is 6.49. The van der Waals surface area contributed by atoms with Crippen molar-refractivity contribution < 1.29 is 8.98 Å². The zero-order valence-corrected chi connectivity index (χ0v) is 15.8. The van der Waals surface area contributed by atoms with Gasteiger partial charge in [-0.3, -0.25) is 0 Å². The fourth-order valence-electron chi connectivity index (χ4n) is 4.10. The van der Waals surface area contributed by atoms with E-state index in [1.54, 1.807) is 6.20 Å². The van der Waals surface area contributed by atoms with Crippen molar-refractivity contribution in [1.82, 2.24) is 4.98 Å². The molecule has 5 aromatic rings. The van der Waals surface area contributed by atoms with E-state index in [4.69, 9.17) is 4.42 Å². The van der Waals surface area contributed by atoms with Crippen LogP contribution in [0.15, 0.2) is 65.3 Å². The molecule has 2 aromatic carbocycles. The number of fused-ring (bicyclic) bond motifs is 5.